The second-order valence-corrected chi connectivity index (χ2v) is 5.27. The molecule has 8 heteroatoms. The van der Waals surface area contributed by atoms with Crippen LogP contribution in [0.5, 0.6) is 0 Å². The number of carbonyl (C=O) groups is 2. The Bertz CT molecular complexity index is 756. The molecule has 0 aliphatic carbocycles. The number of aryl methyl sites for hydroxylation is 1. The number of amides is 1. The van der Waals surface area contributed by atoms with E-state index in [0.29, 0.717) is 10.8 Å². The van der Waals surface area contributed by atoms with Crippen molar-refractivity contribution in [3.63, 3.8) is 0 Å². The summed E-state index contributed by atoms with van der Waals surface area (Å²) in [5.74, 6) is 0.131. The van der Waals surface area contributed by atoms with Gasteiger partial charge in [0.2, 0.25) is 0 Å². The van der Waals surface area contributed by atoms with Crippen molar-refractivity contribution >= 4 is 47.0 Å². The van der Waals surface area contributed by atoms with Gasteiger partial charge >= 0.3 is 5.97 Å². The Kier molecular flexibility index (Phi) is 5.78. The summed E-state index contributed by atoms with van der Waals surface area (Å²) in [7, 11) is 0. The number of nitrogens with one attached hydrogen (secondary N) is 1. The van der Waals surface area contributed by atoms with E-state index in [1.165, 1.54) is 24.4 Å². The van der Waals surface area contributed by atoms with Crippen LogP contribution in [0.2, 0.25) is 10.0 Å². The molecule has 2 aromatic rings. The first kappa shape index (κ1) is 17.1. The van der Waals surface area contributed by atoms with Gasteiger partial charge in [-0.25, -0.2) is 9.78 Å². The molecule has 120 valence electrons. The second-order valence-electron chi connectivity index (χ2n) is 4.42. The molecule has 0 saturated carbocycles. The molecule has 0 bridgehead atoms. The molecule has 0 aromatic carbocycles. The maximum absolute atomic E-state index is 11.7. The largest absolute Gasteiger partial charge is 0.462 e. The third kappa shape index (κ3) is 5.43. The number of halogens is 2. The van der Waals surface area contributed by atoms with E-state index in [4.69, 9.17) is 32.4 Å². The summed E-state index contributed by atoms with van der Waals surface area (Å²) < 4.78 is 10.0. The Morgan fingerprint density at radius 2 is 2.17 bits per heavy atom. The van der Waals surface area contributed by atoms with Crippen LogP contribution in [-0.4, -0.2) is 23.5 Å². The van der Waals surface area contributed by atoms with Gasteiger partial charge in [-0.15, -0.1) is 0 Å². The van der Waals surface area contributed by atoms with Gasteiger partial charge in [-0.2, -0.15) is 0 Å². The molecule has 2 heterocycles. The maximum Gasteiger partial charge on any atom is 0.331 e. The van der Waals surface area contributed by atoms with Gasteiger partial charge in [0.1, 0.15) is 11.5 Å². The first-order valence-electron chi connectivity index (χ1n) is 6.46. The van der Waals surface area contributed by atoms with Crippen LogP contribution in [0.3, 0.4) is 0 Å². The van der Waals surface area contributed by atoms with E-state index in [0.717, 1.165) is 5.76 Å². The lowest BCUT2D eigenvalue weighted by Gasteiger charge is -2.06. The lowest BCUT2D eigenvalue weighted by molar-refractivity contribution is -0.142. The highest BCUT2D eigenvalue weighted by atomic mass is 35.5. The monoisotopic (exact) mass is 354 g/mol. The Morgan fingerprint density at radius 1 is 1.39 bits per heavy atom. The van der Waals surface area contributed by atoms with Crippen molar-refractivity contribution in [3.05, 3.63) is 52.0 Å². The summed E-state index contributed by atoms with van der Waals surface area (Å²) in [6.07, 6.45) is 3.95. The van der Waals surface area contributed by atoms with Crippen LogP contribution >= 0.6 is 23.2 Å². The van der Waals surface area contributed by atoms with E-state index in [9.17, 15) is 9.59 Å². The van der Waals surface area contributed by atoms with Gasteiger partial charge in [0.25, 0.3) is 5.91 Å². The quantitative estimate of drug-likeness (QED) is 0.656. The number of nitrogens with zero attached hydrogens (tertiary/aromatic N) is 1. The lowest BCUT2D eigenvalue weighted by Crippen LogP contribution is -2.20. The lowest BCUT2D eigenvalue weighted by atomic mass is 10.4. The van der Waals surface area contributed by atoms with Crippen LogP contribution in [0.25, 0.3) is 6.08 Å². The summed E-state index contributed by atoms with van der Waals surface area (Å²) in [5, 5.41) is 2.94. The van der Waals surface area contributed by atoms with Crippen molar-refractivity contribution < 1.29 is 18.7 Å². The van der Waals surface area contributed by atoms with E-state index < -0.39 is 18.5 Å². The predicted octanol–water partition coefficient (Wildman–Crippen LogP) is 3.48. The molecule has 6 nitrogen and oxygen atoms in total. The Labute approximate surface area is 142 Å². The number of hydrogen-bond acceptors (Lipinski definition) is 5. The molecule has 0 unspecified atom stereocenters. The molecule has 0 aliphatic heterocycles. The minimum Gasteiger partial charge on any atom is -0.462 e. The average molecular weight is 355 g/mol. The number of carbonyl (C=O) groups excluding carboxylic acids is 2. The smallest absolute Gasteiger partial charge is 0.331 e. The molecular formula is C15H12Cl2N2O4. The van der Waals surface area contributed by atoms with Crippen molar-refractivity contribution in [3.8, 4) is 0 Å². The number of esters is 1. The normalized spacial score (nSPS) is 10.7. The molecule has 0 atom stereocenters. The van der Waals surface area contributed by atoms with Crippen LogP contribution in [0.4, 0.5) is 5.82 Å². The molecule has 0 spiro atoms. The van der Waals surface area contributed by atoms with Crippen LogP contribution in [0.1, 0.15) is 11.5 Å². The summed E-state index contributed by atoms with van der Waals surface area (Å²) in [6, 6.07) is 4.91. The van der Waals surface area contributed by atoms with Crippen LogP contribution in [0, 0.1) is 6.92 Å². The van der Waals surface area contributed by atoms with E-state index in [-0.39, 0.29) is 10.8 Å². The minimum atomic E-state index is -0.677. The third-order valence-corrected chi connectivity index (χ3v) is 3.05. The van der Waals surface area contributed by atoms with E-state index in [2.05, 4.69) is 10.3 Å². The molecule has 2 aromatic heterocycles. The molecular weight excluding hydrogens is 343 g/mol. The van der Waals surface area contributed by atoms with Crippen molar-refractivity contribution in [2.24, 2.45) is 0 Å². The average Bonchev–Trinajstić information content (AvgIpc) is 2.91. The molecule has 0 aliphatic rings. The zero-order valence-electron chi connectivity index (χ0n) is 12.0. The van der Waals surface area contributed by atoms with Crippen molar-refractivity contribution in [2.45, 2.75) is 6.92 Å². The zero-order chi connectivity index (χ0) is 16.8. The first-order chi connectivity index (χ1) is 10.9. The summed E-state index contributed by atoms with van der Waals surface area (Å²) in [5.41, 5.74) is 0. The number of rotatable bonds is 5. The number of aromatic nitrogens is 1. The van der Waals surface area contributed by atoms with Gasteiger partial charge in [-0.3, -0.25) is 4.79 Å². The number of pyridine rings is 1. The summed E-state index contributed by atoms with van der Waals surface area (Å²) in [6.45, 7) is 1.32. The molecule has 1 N–H and O–H groups in total. The fourth-order valence-electron chi connectivity index (χ4n) is 1.55. The van der Waals surface area contributed by atoms with Crippen LogP contribution in [-0.2, 0) is 14.3 Å². The molecule has 2 rings (SSSR count). The minimum absolute atomic E-state index is 0.138. The molecule has 0 saturated heterocycles. The van der Waals surface area contributed by atoms with Gasteiger partial charge in [0.05, 0.1) is 10.0 Å². The fraction of sp³-hybridized carbons (Fsp3) is 0.133. The Morgan fingerprint density at radius 3 is 2.83 bits per heavy atom. The Hall–Kier alpha value is -2.31. The van der Waals surface area contributed by atoms with E-state index in [1.54, 1.807) is 19.1 Å². The topological polar surface area (TPSA) is 81.4 Å². The van der Waals surface area contributed by atoms with Gasteiger partial charge in [-0.1, -0.05) is 23.2 Å². The van der Waals surface area contributed by atoms with Crippen molar-refractivity contribution in [1.82, 2.24) is 4.98 Å². The number of anilines is 1. The number of ether oxygens (including phenoxy) is 1. The molecule has 0 fully saturated rings. The van der Waals surface area contributed by atoms with Crippen LogP contribution in [0.15, 0.2) is 34.9 Å². The van der Waals surface area contributed by atoms with Gasteiger partial charge in [0, 0.05) is 12.3 Å². The fourth-order valence-corrected chi connectivity index (χ4v) is 1.98. The third-order valence-electron chi connectivity index (χ3n) is 2.56. The number of furan rings is 1. The molecule has 0 radical (unpaired) electrons. The predicted molar refractivity (Wildman–Crippen MR) is 86.3 cm³/mol. The maximum atomic E-state index is 11.7. The summed E-state index contributed by atoms with van der Waals surface area (Å²) >= 11 is 11.6. The molecule has 1 amide bonds. The van der Waals surface area contributed by atoms with Gasteiger partial charge < -0.3 is 14.5 Å². The van der Waals surface area contributed by atoms with Crippen LogP contribution < -0.4 is 5.32 Å². The first-order valence-corrected chi connectivity index (χ1v) is 7.22. The van der Waals surface area contributed by atoms with Gasteiger partial charge in [0.15, 0.2) is 12.4 Å². The van der Waals surface area contributed by atoms with Crippen molar-refractivity contribution in [1.29, 1.82) is 0 Å². The molecule has 23 heavy (non-hydrogen) atoms. The number of hydrogen-bond donors (Lipinski definition) is 1. The highest BCUT2D eigenvalue weighted by Crippen LogP contribution is 2.22. The zero-order valence-corrected chi connectivity index (χ0v) is 13.5. The second kappa shape index (κ2) is 7.80. The SMILES string of the molecule is Cc1ccc(C=CC(=O)OCC(=O)Nc2ncc(Cl)cc2Cl)o1. The highest BCUT2D eigenvalue weighted by molar-refractivity contribution is 6.36. The summed E-state index contributed by atoms with van der Waals surface area (Å²) in [4.78, 5) is 27.0. The van der Waals surface area contributed by atoms with E-state index >= 15 is 0 Å². The highest BCUT2D eigenvalue weighted by Gasteiger charge is 2.09. The van der Waals surface area contributed by atoms with Crippen molar-refractivity contribution in [2.75, 3.05) is 11.9 Å². The van der Waals surface area contributed by atoms with Gasteiger partial charge in [-0.05, 0) is 31.2 Å². The van der Waals surface area contributed by atoms with E-state index in [1.807, 2.05) is 0 Å². The standard InChI is InChI=1S/C15H12Cl2N2O4/c1-9-2-3-11(23-9)4-5-14(21)22-8-13(20)19-15-12(17)6-10(16)7-18-15/h2-7H,8H2,1H3,(H,18,19,20). The Balaban J connectivity index is 1.81.